The van der Waals surface area contributed by atoms with Gasteiger partial charge in [-0.3, -0.25) is 9.59 Å². The van der Waals surface area contributed by atoms with Gasteiger partial charge in [-0.2, -0.15) is 0 Å². The summed E-state index contributed by atoms with van der Waals surface area (Å²) >= 11 is 0. The van der Waals surface area contributed by atoms with Crippen LogP contribution < -0.4 is 10.6 Å². The zero-order valence-corrected chi connectivity index (χ0v) is 14.4. The average molecular weight is 329 g/mol. The summed E-state index contributed by atoms with van der Waals surface area (Å²) in [6.45, 7) is 4.24. The Morgan fingerprint density at radius 3 is 2.75 bits per heavy atom. The Labute approximate surface area is 143 Å². The van der Waals surface area contributed by atoms with Gasteiger partial charge >= 0.3 is 0 Å². The first kappa shape index (κ1) is 17.0. The van der Waals surface area contributed by atoms with E-state index in [0.29, 0.717) is 19.0 Å². The van der Waals surface area contributed by atoms with Crippen LogP contribution in [0.1, 0.15) is 44.6 Å². The second-order valence-electron chi connectivity index (χ2n) is 6.81. The topological polar surface area (TPSA) is 61.4 Å². The molecule has 2 fully saturated rings. The molecule has 5 heteroatoms. The average Bonchev–Trinajstić information content (AvgIpc) is 3.23. The van der Waals surface area contributed by atoms with Gasteiger partial charge in [-0.25, -0.2) is 0 Å². The van der Waals surface area contributed by atoms with Crippen LogP contribution in [0.3, 0.4) is 0 Å². The molecule has 0 bridgehead atoms. The molecule has 2 aliphatic rings. The third kappa shape index (κ3) is 3.78. The summed E-state index contributed by atoms with van der Waals surface area (Å²) < 4.78 is 0. The van der Waals surface area contributed by atoms with E-state index in [0.717, 1.165) is 37.2 Å². The van der Waals surface area contributed by atoms with Crippen molar-refractivity contribution in [1.82, 2.24) is 10.2 Å². The number of para-hydroxylation sites is 1. The van der Waals surface area contributed by atoms with Gasteiger partial charge in [0.25, 0.3) is 0 Å². The van der Waals surface area contributed by atoms with E-state index in [4.69, 9.17) is 0 Å². The highest BCUT2D eigenvalue weighted by molar-refractivity contribution is 5.97. The molecule has 1 unspecified atom stereocenters. The molecule has 1 aliphatic carbocycles. The minimum absolute atomic E-state index is 0.0344. The molecule has 0 spiro atoms. The van der Waals surface area contributed by atoms with E-state index in [-0.39, 0.29) is 17.7 Å². The van der Waals surface area contributed by atoms with Gasteiger partial charge in [-0.1, -0.05) is 38.0 Å². The highest BCUT2D eigenvalue weighted by Gasteiger charge is 2.38. The Morgan fingerprint density at radius 1 is 1.25 bits per heavy atom. The Morgan fingerprint density at radius 2 is 2.00 bits per heavy atom. The van der Waals surface area contributed by atoms with E-state index in [9.17, 15) is 9.59 Å². The number of anilines is 1. The second kappa shape index (κ2) is 7.79. The van der Waals surface area contributed by atoms with E-state index in [2.05, 4.69) is 17.6 Å². The van der Waals surface area contributed by atoms with Crippen molar-refractivity contribution < 1.29 is 9.59 Å². The lowest BCUT2D eigenvalue weighted by molar-refractivity contribution is -0.129. The fourth-order valence-electron chi connectivity index (χ4n) is 3.77. The third-order valence-electron chi connectivity index (χ3n) is 5.14. The van der Waals surface area contributed by atoms with Gasteiger partial charge in [-0.05, 0) is 31.0 Å². The van der Waals surface area contributed by atoms with E-state index < -0.39 is 0 Å². The van der Waals surface area contributed by atoms with Crippen LogP contribution in [-0.4, -0.2) is 35.8 Å². The molecule has 24 heavy (non-hydrogen) atoms. The zero-order chi connectivity index (χ0) is 16.9. The molecule has 130 valence electrons. The van der Waals surface area contributed by atoms with E-state index >= 15 is 0 Å². The molecule has 1 aromatic carbocycles. The predicted octanol–water partition coefficient (Wildman–Crippen LogP) is 2.53. The summed E-state index contributed by atoms with van der Waals surface area (Å²) in [5, 5.41) is 6.32. The minimum Gasteiger partial charge on any atom is -0.339 e. The molecule has 0 radical (unpaired) electrons. The number of hydrogen-bond donors (Lipinski definition) is 2. The number of carbonyl (C=O) groups is 2. The summed E-state index contributed by atoms with van der Waals surface area (Å²) in [5.74, 6) is -0.124. The van der Waals surface area contributed by atoms with Crippen molar-refractivity contribution in [2.75, 3.05) is 18.4 Å². The Kier molecular flexibility index (Phi) is 5.51. The van der Waals surface area contributed by atoms with Gasteiger partial charge in [0.1, 0.15) is 0 Å². The number of amides is 2. The molecule has 1 aromatic rings. The fraction of sp³-hybridized carbons (Fsp3) is 0.579. The number of carbonyl (C=O) groups excluding carboxylic acids is 2. The number of hydrogen-bond acceptors (Lipinski definition) is 3. The van der Waals surface area contributed by atoms with Gasteiger partial charge in [0, 0.05) is 31.2 Å². The van der Waals surface area contributed by atoms with E-state index in [1.54, 1.807) is 0 Å². The molecule has 1 saturated carbocycles. The predicted molar refractivity (Wildman–Crippen MR) is 94.5 cm³/mol. The number of benzene rings is 1. The monoisotopic (exact) mass is 329 g/mol. The molecule has 1 aliphatic heterocycles. The lowest BCUT2D eigenvalue weighted by Crippen LogP contribution is -2.35. The number of nitrogens with one attached hydrogen (secondary N) is 2. The van der Waals surface area contributed by atoms with Crippen LogP contribution in [0.5, 0.6) is 0 Å². The molecular weight excluding hydrogens is 302 g/mol. The fourth-order valence-corrected chi connectivity index (χ4v) is 3.77. The van der Waals surface area contributed by atoms with Gasteiger partial charge in [0.2, 0.25) is 11.8 Å². The zero-order valence-electron chi connectivity index (χ0n) is 14.4. The van der Waals surface area contributed by atoms with Crippen LogP contribution in [0.2, 0.25) is 0 Å². The van der Waals surface area contributed by atoms with Crippen molar-refractivity contribution in [2.24, 2.45) is 5.92 Å². The van der Waals surface area contributed by atoms with Gasteiger partial charge in [-0.15, -0.1) is 0 Å². The lowest BCUT2D eigenvalue weighted by Gasteiger charge is -2.24. The Bertz CT molecular complexity index is 596. The van der Waals surface area contributed by atoms with Crippen molar-refractivity contribution in [3.8, 4) is 0 Å². The molecule has 1 heterocycles. The van der Waals surface area contributed by atoms with E-state index in [1.165, 1.54) is 12.8 Å². The highest BCUT2D eigenvalue weighted by atomic mass is 16.2. The molecule has 0 aromatic heterocycles. The smallest absolute Gasteiger partial charge is 0.229 e. The van der Waals surface area contributed by atoms with Crippen molar-refractivity contribution in [3.63, 3.8) is 0 Å². The van der Waals surface area contributed by atoms with Gasteiger partial charge in [0.05, 0.1) is 5.92 Å². The molecule has 2 N–H and O–H groups in total. The van der Waals surface area contributed by atoms with Crippen LogP contribution in [0.4, 0.5) is 5.69 Å². The first-order valence-electron chi connectivity index (χ1n) is 9.08. The summed E-state index contributed by atoms with van der Waals surface area (Å²) in [6, 6.07) is 8.20. The quantitative estimate of drug-likeness (QED) is 0.843. The standard InChI is InChI=1S/C19H27N3O2/c1-2-20-12-14-7-3-6-10-17(14)21-19(24)15-11-18(23)22(13-15)16-8-4-5-9-16/h3,6-7,10,15-16,20H,2,4-5,8-9,11-13H2,1H3,(H,21,24). The highest BCUT2D eigenvalue weighted by Crippen LogP contribution is 2.30. The Balaban J connectivity index is 1.62. The van der Waals surface area contributed by atoms with Crippen LogP contribution in [0, 0.1) is 5.92 Å². The second-order valence-corrected chi connectivity index (χ2v) is 6.81. The molecule has 3 rings (SSSR count). The maximum Gasteiger partial charge on any atom is 0.229 e. The van der Waals surface area contributed by atoms with Crippen molar-refractivity contribution in [3.05, 3.63) is 29.8 Å². The van der Waals surface area contributed by atoms with Crippen LogP contribution in [0.25, 0.3) is 0 Å². The third-order valence-corrected chi connectivity index (χ3v) is 5.14. The molecule has 1 atom stereocenters. The summed E-state index contributed by atoms with van der Waals surface area (Å²) in [5.41, 5.74) is 1.92. The van der Waals surface area contributed by atoms with Crippen molar-refractivity contribution >= 4 is 17.5 Å². The number of nitrogens with zero attached hydrogens (tertiary/aromatic N) is 1. The van der Waals surface area contributed by atoms with Crippen LogP contribution >= 0.6 is 0 Å². The number of likely N-dealkylation sites (tertiary alicyclic amines) is 1. The lowest BCUT2D eigenvalue weighted by atomic mass is 10.1. The maximum absolute atomic E-state index is 12.6. The summed E-state index contributed by atoms with van der Waals surface area (Å²) in [4.78, 5) is 26.9. The number of rotatable bonds is 6. The normalized spacial score (nSPS) is 21.5. The van der Waals surface area contributed by atoms with E-state index in [1.807, 2.05) is 29.2 Å². The first-order chi connectivity index (χ1) is 11.7. The summed E-state index contributed by atoms with van der Waals surface area (Å²) in [6.07, 6.45) is 4.92. The maximum atomic E-state index is 12.6. The Hall–Kier alpha value is -1.88. The molecular formula is C19H27N3O2. The van der Waals surface area contributed by atoms with Crippen LogP contribution in [0.15, 0.2) is 24.3 Å². The van der Waals surface area contributed by atoms with Gasteiger partial charge in [0.15, 0.2) is 0 Å². The molecule has 5 nitrogen and oxygen atoms in total. The molecule has 1 saturated heterocycles. The summed E-state index contributed by atoms with van der Waals surface area (Å²) in [7, 11) is 0. The SMILES string of the molecule is CCNCc1ccccc1NC(=O)C1CC(=O)N(C2CCCC2)C1. The van der Waals surface area contributed by atoms with Crippen LogP contribution in [-0.2, 0) is 16.1 Å². The minimum atomic E-state index is -0.231. The van der Waals surface area contributed by atoms with Crippen molar-refractivity contribution in [2.45, 2.75) is 51.6 Å². The first-order valence-corrected chi connectivity index (χ1v) is 9.08. The van der Waals surface area contributed by atoms with Crippen molar-refractivity contribution in [1.29, 1.82) is 0 Å². The van der Waals surface area contributed by atoms with Gasteiger partial charge < -0.3 is 15.5 Å². The largest absolute Gasteiger partial charge is 0.339 e. The molecule has 2 amide bonds.